The summed E-state index contributed by atoms with van der Waals surface area (Å²) in [5.74, 6) is -1.32. The van der Waals surface area contributed by atoms with Crippen molar-refractivity contribution < 1.29 is 80.2 Å². The summed E-state index contributed by atoms with van der Waals surface area (Å²) in [6.07, 6.45) is 71.9. The number of carbonyl (C=O) groups is 4. The van der Waals surface area contributed by atoms with Crippen molar-refractivity contribution in [3.8, 4) is 0 Å². The number of hydrogen-bond donors (Lipinski definition) is 3. The standard InChI is InChI=1S/C84H160O17P2/c1-6-9-12-15-18-20-22-24-26-27-28-29-33-37-40-44-48-53-58-63-68-82(87)95-74-80(101-84(89)70-65-60-55-50-46-42-38-34-31-30-32-36-39-43-47-52-56-61-66-77(4)5)76-99-103(92,93)97-72-78(85)71-96-102(90,91)98-75-79(73-94-81(86)67-62-57-51-17-14-11-8-3)100-83(88)69-64-59-54-49-45-41-35-25-23-21-19-16-13-10-7-2/h21,23,25,35,77-80,85H,6-20,22,24,26-34,36-76H2,1-5H3,(H,90,91)(H,92,93)/b23-21-,35-25-/t78-,79+,80+/m0/s1. The van der Waals surface area contributed by atoms with E-state index >= 15 is 0 Å². The number of aliphatic hydroxyl groups excluding tert-OH is 1. The van der Waals surface area contributed by atoms with Crippen LogP contribution in [0.4, 0.5) is 0 Å². The SMILES string of the molecule is CCCCCC/C=C\C=C/CCCCCCCC(=O)O[C@H](COC(=O)CCCCCCCCC)COP(=O)(O)OC[C@H](O)COP(=O)(O)OC[C@@H](COC(=O)CCCCCCCCCCCCCCCCCCCCCC)OC(=O)CCCCCCCCCCCCCCCCCCCCC(C)C. The molecule has 0 bridgehead atoms. The van der Waals surface area contributed by atoms with Crippen LogP contribution in [0.1, 0.15) is 426 Å². The van der Waals surface area contributed by atoms with Gasteiger partial charge in [-0.1, -0.05) is 374 Å². The van der Waals surface area contributed by atoms with Crippen molar-refractivity contribution in [2.75, 3.05) is 39.6 Å². The number of ether oxygens (including phenoxy) is 4. The minimum absolute atomic E-state index is 0.0851. The van der Waals surface area contributed by atoms with Crippen LogP contribution >= 0.6 is 15.6 Å². The fourth-order valence-electron chi connectivity index (χ4n) is 12.6. The Kier molecular flexibility index (Phi) is 74.5. The summed E-state index contributed by atoms with van der Waals surface area (Å²) in [5, 5.41) is 10.6. The molecule has 0 amide bonds. The fraction of sp³-hybridized carbons (Fsp3) is 0.905. The number of phosphoric ester groups is 2. The lowest BCUT2D eigenvalue weighted by molar-refractivity contribution is -0.161. The van der Waals surface area contributed by atoms with E-state index in [4.69, 9.17) is 37.0 Å². The Balaban J connectivity index is 5.19. The van der Waals surface area contributed by atoms with Crippen LogP contribution in [0.25, 0.3) is 0 Å². The Bertz CT molecular complexity index is 2060. The molecule has 0 saturated carbocycles. The van der Waals surface area contributed by atoms with Crippen LogP contribution in [0.2, 0.25) is 0 Å². The number of allylic oxidation sites excluding steroid dienone is 4. The molecule has 0 aromatic rings. The van der Waals surface area contributed by atoms with E-state index in [1.807, 2.05) is 0 Å². The third kappa shape index (κ3) is 77.5. The van der Waals surface area contributed by atoms with Crippen LogP contribution in [-0.4, -0.2) is 96.7 Å². The van der Waals surface area contributed by atoms with Gasteiger partial charge >= 0.3 is 39.5 Å². The molecule has 3 N–H and O–H groups in total. The van der Waals surface area contributed by atoms with Crippen LogP contribution < -0.4 is 0 Å². The van der Waals surface area contributed by atoms with Crippen molar-refractivity contribution in [2.24, 2.45) is 5.92 Å². The largest absolute Gasteiger partial charge is 0.472 e. The second-order valence-corrected chi connectivity index (χ2v) is 32.9. The van der Waals surface area contributed by atoms with E-state index in [2.05, 4.69) is 58.9 Å². The van der Waals surface area contributed by atoms with E-state index in [9.17, 15) is 43.2 Å². The lowest BCUT2D eigenvalue weighted by Gasteiger charge is -2.21. The van der Waals surface area contributed by atoms with Gasteiger partial charge in [0.25, 0.3) is 0 Å². The van der Waals surface area contributed by atoms with Gasteiger partial charge in [0, 0.05) is 25.7 Å². The quantitative estimate of drug-likeness (QED) is 0.0169. The molecule has 0 aliphatic carbocycles. The molecular weight excluding hydrogens is 1340 g/mol. The molecule has 0 saturated heterocycles. The first-order valence-electron chi connectivity index (χ1n) is 43.0. The molecule has 0 aliphatic rings. The number of aliphatic hydroxyl groups is 1. The average Bonchev–Trinajstić information content (AvgIpc) is 0.913. The Morgan fingerprint density at radius 3 is 0.796 bits per heavy atom. The van der Waals surface area contributed by atoms with E-state index in [1.54, 1.807) is 0 Å². The van der Waals surface area contributed by atoms with Crippen LogP contribution in [0.5, 0.6) is 0 Å². The molecule has 103 heavy (non-hydrogen) atoms. The molecule has 5 atom stereocenters. The first-order chi connectivity index (χ1) is 50.0. The maximum absolute atomic E-state index is 13.1. The van der Waals surface area contributed by atoms with E-state index in [1.165, 1.54) is 225 Å². The normalized spacial score (nSPS) is 14.0. The Morgan fingerprint density at radius 1 is 0.301 bits per heavy atom. The maximum Gasteiger partial charge on any atom is 0.472 e. The van der Waals surface area contributed by atoms with E-state index in [-0.39, 0.29) is 25.7 Å². The summed E-state index contributed by atoms with van der Waals surface area (Å²) in [6, 6.07) is 0. The number of esters is 4. The number of rotatable bonds is 82. The first kappa shape index (κ1) is 101. The highest BCUT2D eigenvalue weighted by Gasteiger charge is 2.30. The fourth-order valence-corrected chi connectivity index (χ4v) is 14.2. The van der Waals surface area contributed by atoms with Crippen LogP contribution in [0, 0.1) is 5.92 Å². The summed E-state index contributed by atoms with van der Waals surface area (Å²) < 4.78 is 68.6. The summed E-state index contributed by atoms with van der Waals surface area (Å²) in [7, 11) is -9.93. The molecule has 608 valence electrons. The van der Waals surface area contributed by atoms with E-state index < -0.39 is 97.5 Å². The highest BCUT2D eigenvalue weighted by atomic mass is 31.2. The Morgan fingerprint density at radius 2 is 0.524 bits per heavy atom. The zero-order valence-electron chi connectivity index (χ0n) is 66.9. The lowest BCUT2D eigenvalue weighted by atomic mass is 10.0. The number of carbonyl (C=O) groups excluding carboxylic acids is 4. The second-order valence-electron chi connectivity index (χ2n) is 30.0. The predicted octanol–water partition coefficient (Wildman–Crippen LogP) is 25.1. The first-order valence-corrected chi connectivity index (χ1v) is 45.9. The van der Waals surface area contributed by atoms with Gasteiger partial charge in [0.05, 0.1) is 26.4 Å². The van der Waals surface area contributed by atoms with Gasteiger partial charge in [-0.05, 0) is 57.3 Å². The molecule has 0 rings (SSSR count). The van der Waals surface area contributed by atoms with Gasteiger partial charge in [-0.25, -0.2) is 9.13 Å². The molecule has 0 heterocycles. The minimum atomic E-state index is -4.97. The zero-order chi connectivity index (χ0) is 75.5. The van der Waals surface area contributed by atoms with Crippen molar-refractivity contribution in [2.45, 2.75) is 445 Å². The van der Waals surface area contributed by atoms with Crippen molar-refractivity contribution in [1.29, 1.82) is 0 Å². The molecular formula is C84H160O17P2. The third-order valence-corrected chi connectivity index (χ3v) is 21.1. The van der Waals surface area contributed by atoms with Gasteiger partial charge in [-0.2, -0.15) is 0 Å². The van der Waals surface area contributed by atoms with Gasteiger partial charge in [-0.3, -0.25) is 37.3 Å². The molecule has 0 radical (unpaired) electrons. The Labute approximate surface area is 631 Å². The monoisotopic (exact) mass is 1500 g/mol. The molecule has 0 spiro atoms. The molecule has 0 fully saturated rings. The molecule has 0 aromatic carbocycles. The van der Waals surface area contributed by atoms with Crippen LogP contribution in [0.3, 0.4) is 0 Å². The number of unbranched alkanes of at least 4 members (excludes halogenated alkanes) is 51. The third-order valence-electron chi connectivity index (χ3n) is 19.2. The molecule has 0 aliphatic heterocycles. The lowest BCUT2D eigenvalue weighted by Crippen LogP contribution is -2.30. The van der Waals surface area contributed by atoms with Crippen molar-refractivity contribution >= 4 is 39.5 Å². The Hall–Kier alpha value is -2.46. The van der Waals surface area contributed by atoms with Gasteiger partial charge < -0.3 is 33.8 Å². The second kappa shape index (κ2) is 76.3. The van der Waals surface area contributed by atoms with Gasteiger partial charge in [0.15, 0.2) is 12.2 Å². The molecule has 2 unspecified atom stereocenters. The summed E-state index contributed by atoms with van der Waals surface area (Å²) in [5.41, 5.74) is 0. The van der Waals surface area contributed by atoms with Crippen LogP contribution in [-0.2, 0) is 65.4 Å². The number of phosphoric acid groups is 2. The zero-order valence-corrected chi connectivity index (χ0v) is 68.7. The van der Waals surface area contributed by atoms with E-state index in [0.29, 0.717) is 25.7 Å². The van der Waals surface area contributed by atoms with Crippen molar-refractivity contribution in [3.05, 3.63) is 24.3 Å². The van der Waals surface area contributed by atoms with Gasteiger partial charge in [0.2, 0.25) is 0 Å². The number of hydrogen-bond acceptors (Lipinski definition) is 15. The predicted molar refractivity (Wildman–Crippen MR) is 423 cm³/mol. The van der Waals surface area contributed by atoms with Crippen LogP contribution in [0.15, 0.2) is 24.3 Å². The smallest absolute Gasteiger partial charge is 0.462 e. The molecule has 17 nitrogen and oxygen atoms in total. The van der Waals surface area contributed by atoms with Gasteiger partial charge in [-0.15, -0.1) is 0 Å². The van der Waals surface area contributed by atoms with Gasteiger partial charge in [0.1, 0.15) is 19.3 Å². The summed E-state index contributed by atoms with van der Waals surface area (Å²) in [6.45, 7) is 7.27. The van der Waals surface area contributed by atoms with Crippen molar-refractivity contribution in [3.63, 3.8) is 0 Å². The highest BCUT2D eigenvalue weighted by molar-refractivity contribution is 7.47. The van der Waals surface area contributed by atoms with E-state index in [0.717, 1.165) is 121 Å². The molecule has 0 aromatic heterocycles. The average molecular weight is 1500 g/mol. The highest BCUT2D eigenvalue weighted by Crippen LogP contribution is 2.45. The maximum atomic E-state index is 13.1. The topological polar surface area (TPSA) is 237 Å². The van der Waals surface area contributed by atoms with Crippen molar-refractivity contribution in [1.82, 2.24) is 0 Å². The molecule has 19 heteroatoms. The summed E-state index contributed by atoms with van der Waals surface area (Å²) >= 11 is 0. The minimum Gasteiger partial charge on any atom is -0.462 e. The summed E-state index contributed by atoms with van der Waals surface area (Å²) in [4.78, 5) is 72.9.